The van der Waals surface area contributed by atoms with Crippen molar-refractivity contribution in [1.29, 1.82) is 0 Å². The molecule has 1 aliphatic rings. The second kappa shape index (κ2) is 7.86. The van der Waals surface area contributed by atoms with Gasteiger partial charge in [-0.3, -0.25) is 14.7 Å². The zero-order valence-electron chi connectivity index (χ0n) is 14.5. The average molecular weight is 321 g/mol. The lowest BCUT2D eigenvalue weighted by Crippen LogP contribution is -2.53. The quantitative estimate of drug-likeness (QED) is 0.787. The van der Waals surface area contributed by atoms with Crippen molar-refractivity contribution >= 4 is 5.91 Å². The molecule has 1 aromatic heterocycles. The molecule has 0 aromatic carbocycles. The van der Waals surface area contributed by atoms with E-state index >= 15 is 0 Å². The third-order valence-corrected chi connectivity index (χ3v) is 3.74. The van der Waals surface area contributed by atoms with Crippen LogP contribution >= 0.6 is 0 Å². The first kappa shape index (κ1) is 17.8. The van der Waals surface area contributed by atoms with Gasteiger partial charge in [0.25, 0.3) is 0 Å². The van der Waals surface area contributed by atoms with Crippen molar-refractivity contribution in [2.24, 2.45) is 0 Å². The maximum Gasteiger partial charge on any atom is 0.248 e. The third kappa shape index (κ3) is 5.89. The number of nitrogens with zero attached hydrogens (tertiary/aromatic N) is 3. The maximum atomic E-state index is 11.6. The largest absolute Gasteiger partial charge is 0.369 e. The molecule has 0 radical (unpaired) electrons. The summed E-state index contributed by atoms with van der Waals surface area (Å²) in [5, 5.41) is 0. The second-order valence-electron chi connectivity index (χ2n) is 6.83. The minimum Gasteiger partial charge on any atom is -0.369 e. The first-order valence-electron chi connectivity index (χ1n) is 7.93. The van der Waals surface area contributed by atoms with E-state index in [1.54, 1.807) is 14.1 Å². The van der Waals surface area contributed by atoms with Crippen molar-refractivity contribution in [2.75, 3.05) is 40.4 Å². The molecule has 1 amide bonds. The normalized spacial score (nSPS) is 21.1. The Morgan fingerprint density at radius 1 is 1.43 bits per heavy atom. The van der Waals surface area contributed by atoms with Crippen molar-refractivity contribution in [3.63, 3.8) is 0 Å². The zero-order valence-corrected chi connectivity index (χ0v) is 14.5. The van der Waals surface area contributed by atoms with E-state index in [-0.39, 0.29) is 24.2 Å². The summed E-state index contributed by atoms with van der Waals surface area (Å²) in [6, 6.07) is 4.06. The summed E-state index contributed by atoms with van der Waals surface area (Å²) >= 11 is 0. The first-order chi connectivity index (χ1) is 10.9. The van der Waals surface area contributed by atoms with E-state index in [0.29, 0.717) is 6.61 Å². The van der Waals surface area contributed by atoms with Gasteiger partial charge >= 0.3 is 0 Å². The van der Waals surface area contributed by atoms with E-state index in [2.05, 4.69) is 23.7 Å². The van der Waals surface area contributed by atoms with Crippen molar-refractivity contribution in [2.45, 2.75) is 32.1 Å². The lowest BCUT2D eigenvalue weighted by atomic mass is 10.0. The van der Waals surface area contributed by atoms with E-state index in [1.165, 1.54) is 10.5 Å². The van der Waals surface area contributed by atoms with E-state index in [0.717, 1.165) is 19.6 Å². The highest BCUT2D eigenvalue weighted by atomic mass is 16.5. The molecule has 0 spiro atoms. The molecule has 6 heteroatoms. The lowest BCUT2D eigenvalue weighted by molar-refractivity contribution is -0.161. The molecule has 1 saturated heterocycles. The van der Waals surface area contributed by atoms with Crippen molar-refractivity contribution in [3.05, 3.63) is 30.1 Å². The molecule has 0 N–H and O–H groups in total. The number of likely N-dealkylation sites (N-methyl/N-ethyl adjacent to an activating group) is 1. The van der Waals surface area contributed by atoms with Crippen LogP contribution in [-0.4, -0.2) is 72.8 Å². The van der Waals surface area contributed by atoms with Crippen LogP contribution in [0.15, 0.2) is 24.5 Å². The van der Waals surface area contributed by atoms with Crippen LogP contribution in [-0.2, 0) is 20.8 Å². The van der Waals surface area contributed by atoms with Gasteiger partial charge in [-0.05, 0) is 31.5 Å². The number of rotatable bonds is 6. The fourth-order valence-corrected chi connectivity index (χ4v) is 2.78. The highest BCUT2D eigenvalue weighted by Crippen LogP contribution is 2.22. The SMILES string of the molecule is CN(C)C(=O)COCC1CN(Cc2ccncc2)CC(C)(C)O1. The molecule has 0 bridgehead atoms. The summed E-state index contributed by atoms with van der Waals surface area (Å²) in [4.78, 5) is 19.5. The van der Waals surface area contributed by atoms with E-state index < -0.39 is 0 Å². The summed E-state index contributed by atoms with van der Waals surface area (Å²) in [5.41, 5.74) is 1.00. The van der Waals surface area contributed by atoms with E-state index in [4.69, 9.17) is 9.47 Å². The number of hydrogen-bond donors (Lipinski definition) is 0. The molecule has 0 saturated carbocycles. The monoisotopic (exact) mass is 321 g/mol. The average Bonchev–Trinajstić information content (AvgIpc) is 2.46. The van der Waals surface area contributed by atoms with Crippen molar-refractivity contribution in [3.8, 4) is 0 Å². The van der Waals surface area contributed by atoms with Crippen LogP contribution in [0.1, 0.15) is 19.4 Å². The molecular formula is C17H27N3O3. The Kier molecular flexibility index (Phi) is 6.10. The fourth-order valence-electron chi connectivity index (χ4n) is 2.78. The molecule has 1 aromatic rings. The standard InChI is InChI=1S/C17H27N3O3/c1-17(2)13-20(9-14-5-7-18-8-6-14)10-15(23-17)11-22-12-16(21)19(3)4/h5-8,15H,9-13H2,1-4H3. The first-order valence-corrected chi connectivity index (χ1v) is 7.93. The molecule has 23 heavy (non-hydrogen) atoms. The predicted octanol–water partition coefficient (Wildman–Crippen LogP) is 1.17. The number of hydrogen-bond acceptors (Lipinski definition) is 5. The molecular weight excluding hydrogens is 294 g/mol. The van der Waals surface area contributed by atoms with Gasteiger partial charge in [0, 0.05) is 46.1 Å². The Balaban J connectivity index is 1.87. The minimum absolute atomic E-state index is 0.0319. The molecule has 2 rings (SSSR count). The molecule has 1 unspecified atom stereocenters. The van der Waals surface area contributed by atoms with Gasteiger partial charge in [0.05, 0.1) is 18.3 Å². The van der Waals surface area contributed by atoms with E-state index in [1.807, 2.05) is 24.5 Å². The fraction of sp³-hybridized carbons (Fsp3) is 0.647. The van der Waals surface area contributed by atoms with Gasteiger partial charge < -0.3 is 14.4 Å². The summed E-state index contributed by atoms with van der Waals surface area (Å²) in [5.74, 6) is -0.0336. The second-order valence-corrected chi connectivity index (χ2v) is 6.83. The third-order valence-electron chi connectivity index (χ3n) is 3.74. The van der Waals surface area contributed by atoms with Gasteiger partial charge in [0.15, 0.2) is 0 Å². The molecule has 1 atom stereocenters. The molecule has 1 fully saturated rings. The van der Waals surface area contributed by atoms with Gasteiger partial charge in [-0.15, -0.1) is 0 Å². The van der Waals surface area contributed by atoms with Crippen molar-refractivity contribution in [1.82, 2.24) is 14.8 Å². The Bertz CT molecular complexity index is 505. The predicted molar refractivity (Wildman–Crippen MR) is 88.0 cm³/mol. The molecule has 0 aliphatic carbocycles. The smallest absolute Gasteiger partial charge is 0.248 e. The van der Waals surface area contributed by atoms with Crippen LogP contribution in [0.5, 0.6) is 0 Å². The summed E-state index contributed by atoms with van der Waals surface area (Å²) in [6.07, 6.45) is 3.60. The number of carbonyl (C=O) groups is 1. The maximum absolute atomic E-state index is 11.6. The minimum atomic E-state index is -0.231. The molecule has 1 aliphatic heterocycles. The number of carbonyl (C=O) groups excluding carboxylic acids is 1. The number of amides is 1. The van der Waals surface area contributed by atoms with Gasteiger partial charge in [-0.2, -0.15) is 0 Å². The highest BCUT2D eigenvalue weighted by molar-refractivity contribution is 5.76. The van der Waals surface area contributed by atoms with Gasteiger partial charge in [0.1, 0.15) is 6.61 Å². The number of ether oxygens (including phenoxy) is 2. The zero-order chi connectivity index (χ0) is 16.9. The number of morpholine rings is 1. The molecule has 2 heterocycles. The van der Waals surface area contributed by atoms with Crippen LogP contribution in [0, 0.1) is 0 Å². The Labute approximate surface area is 138 Å². The van der Waals surface area contributed by atoms with Crippen LogP contribution in [0.3, 0.4) is 0 Å². The van der Waals surface area contributed by atoms with Crippen LogP contribution in [0.4, 0.5) is 0 Å². The molecule has 128 valence electrons. The van der Waals surface area contributed by atoms with Crippen molar-refractivity contribution < 1.29 is 14.3 Å². The summed E-state index contributed by atoms with van der Waals surface area (Å²) < 4.78 is 11.6. The number of pyridine rings is 1. The topological polar surface area (TPSA) is 54.9 Å². The Morgan fingerprint density at radius 2 is 2.13 bits per heavy atom. The summed E-state index contributed by atoms with van der Waals surface area (Å²) in [7, 11) is 3.45. The number of aromatic nitrogens is 1. The Morgan fingerprint density at radius 3 is 2.78 bits per heavy atom. The van der Waals surface area contributed by atoms with Gasteiger partial charge in [-0.1, -0.05) is 0 Å². The van der Waals surface area contributed by atoms with Gasteiger partial charge in [-0.25, -0.2) is 0 Å². The lowest BCUT2D eigenvalue weighted by Gasteiger charge is -2.42. The molecule has 6 nitrogen and oxygen atoms in total. The van der Waals surface area contributed by atoms with Gasteiger partial charge in [0.2, 0.25) is 5.91 Å². The van der Waals surface area contributed by atoms with Crippen LogP contribution in [0.2, 0.25) is 0 Å². The Hall–Kier alpha value is -1.50. The van der Waals surface area contributed by atoms with E-state index in [9.17, 15) is 4.79 Å². The highest BCUT2D eigenvalue weighted by Gasteiger charge is 2.33. The van der Waals surface area contributed by atoms with Crippen LogP contribution < -0.4 is 0 Å². The summed E-state index contributed by atoms with van der Waals surface area (Å²) in [6.45, 7) is 7.22. The van der Waals surface area contributed by atoms with Crippen LogP contribution in [0.25, 0.3) is 0 Å².